The first-order valence-electron chi connectivity index (χ1n) is 3.72. The molecule has 14 heavy (non-hydrogen) atoms. The van der Waals surface area contributed by atoms with Crippen molar-refractivity contribution in [1.29, 1.82) is 0 Å². The van der Waals surface area contributed by atoms with Gasteiger partial charge in [0.2, 0.25) is 0 Å². The summed E-state index contributed by atoms with van der Waals surface area (Å²) < 4.78 is 13.0. The Labute approximate surface area is 79.5 Å². The van der Waals surface area contributed by atoms with Gasteiger partial charge in [-0.15, -0.1) is 0 Å². The first-order chi connectivity index (χ1) is 6.56. The number of nitrogens with two attached hydrogens (primary N) is 1. The maximum Gasteiger partial charge on any atom is 0.488 e. The maximum atomic E-state index is 13.0. The van der Waals surface area contributed by atoms with Gasteiger partial charge in [0.25, 0.3) is 5.91 Å². The summed E-state index contributed by atoms with van der Waals surface area (Å²) in [7, 11) is -1.75. The molecule has 1 aromatic carbocycles. The van der Waals surface area contributed by atoms with Gasteiger partial charge >= 0.3 is 7.12 Å². The Hall–Kier alpha value is -1.44. The van der Waals surface area contributed by atoms with Gasteiger partial charge in [-0.05, 0) is 17.6 Å². The van der Waals surface area contributed by atoms with E-state index in [1.54, 1.807) is 5.43 Å². The molecule has 0 heterocycles. The first kappa shape index (κ1) is 10.6. The molecule has 0 radical (unpaired) electrons. The van der Waals surface area contributed by atoms with Crippen molar-refractivity contribution in [2.24, 2.45) is 5.84 Å². The molecule has 5 N–H and O–H groups in total. The molecule has 0 bridgehead atoms. The summed E-state index contributed by atoms with van der Waals surface area (Å²) in [5.74, 6) is 3.20. The van der Waals surface area contributed by atoms with Crippen LogP contribution in [0.4, 0.5) is 4.39 Å². The summed E-state index contributed by atoms with van der Waals surface area (Å²) >= 11 is 0. The van der Waals surface area contributed by atoms with Gasteiger partial charge in [0, 0.05) is 0 Å². The van der Waals surface area contributed by atoms with E-state index in [4.69, 9.17) is 15.9 Å². The monoisotopic (exact) mass is 198 g/mol. The molecule has 1 amide bonds. The summed E-state index contributed by atoms with van der Waals surface area (Å²) in [6.07, 6.45) is 0. The number of carbonyl (C=O) groups excluding carboxylic acids is 1. The lowest BCUT2D eigenvalue weighted by molar-refractivity contribution is 0.0949. The zero-order chi connectivity index (χ0) is 10.7. The third kappa shape index (κ3) is 2.08. The molecule has 0 saturated carbocycles. The number of carbonyl (C=O) groups is 1. The number of hydrogen-bond acceptors (Lipinski definition) is 4. The van der Waals surface area contributed by atoms with Gasteiger partial charge in [-0.3, -0.25) is 10.2 Å². The van der Waals surface area contributed by atoms with Crippen LogP contribution in [0.25, 0.3) is 0 Å². The van der Waals surface area contributed by atoms with Crippen LogP contribution >= 0.6 is 0 Å². The fourth-order valence-electron chi connectivity index (χ4n) is 0.955. The van der Waals surface area contributed by atoms with Crippen molar-refractivity contribution in [3.8, 4) is 0 Å². The van der Waals surface area contributed by atoms with Gasteiger partial charge < -0.3 is 10.0 Å². The van der Waals surface area contributed by atoms with Crippen molar-refractivity contribution in [3.05, 3.63) is 29.6 Å². The minimum atomic E-state index is -1.75. The molecule has 0 aliphatic rings. The average molecular weight is 198 g/mol. The predicted octanol–water partition coefficient (Wildman–Crippen LogP) is -1.89. The highest BCUT2D eigenvalue weighted by molar-refractivity contribution is 6.58. The zero-order valence-corrected chi connectivity index (χ0v) is 7.07. The van der Waals surface area contributed by atoms with Crippen molar-refractivity contribution in [2.45, 2.75) is 0 Å². The van der Waals surface area contributed by atoms with Crippen LogP contribution in [0.5, 0.6) is 0 Å². The van der Waals surface area contributed by atoms with E-state index in [9.17, 15) is 9.18 Å². The van der Waals surface area contributed by atoms with E-state index in [0.29, 0.717) is 0 Å². The minimum Gasteiger partial charge on any atom is -0.423 e. The van der Waals surface area contributed by atoms with Gasteiger partial charge in [0.15, 0.2) is 0 Å². The van der Waals surface area contributed by atoms with Crippen LogP contribution < -0.4 is 16.7 Å². The fourth-order valence-corrected chi connectivity index (χ4v) is 0.955. The molecule has 0 unspecified atom stereocenters. The Morgan fingerprint density at radius 2 is 2.14 bits per heavy atom. The van der Waals surface area contributed by atoms with E-state index in [0.717, 1.165) is 18.2 Å². The fraction of sp³-hybridized carbons (Fsp3) is 0. The van der Waals surface area contributed by atoms with E-state index in [-0.39, 0.29) is 11.0 Å². The summed E-state index contributed by atoms with van der Waals surface area (Å²) in [6.45, 7) is 0. The minimum absolute atomic E-state index is 0.0185. The van der Waals surface area contributed by atoms with Crippen LogP contribution in [0.15, 0.2) is 18.2 Å². The summed E-state index contributed by atoms with van der Waals surface area (Å²) in [4.78, 5) is 11.0. The van der Waals surface area contributed by atoms with Gasteiger partial charge in [0.05, 0.1) is 5.56 Å². The summed E-state index contributed by atoms with van der Waals surface area (Å²) in [6, 6.07) is 3.13. The second-order valence-electron chi connectivity index (χ2n) is 2.59. The molecule has 0 fully saturated rings. The Kier molecular flexibility index (Phi) is 3.18. The third-order valence-electron chi connectivity index (χ3n) is 1.66. The second kappa shape index (κ2) is 4.18. The van der Waals surface area contributed by atoms with Crippen molar-refractivity contribution in [3.63, 3.8) is 0 Å². The standard InChI is InChI=1S/C7H8BFN2O3/c9-6-2-1-4(8(13)14)3-5(6)7(12)11-10/h1-3,13-14H,10H2,(H,11,12). The zero-order valence-electron chi connectivity index (χ0n) is 7.07. The van der Waals surface area contributed by atoms with Gasteiger partial charge in [-0.2, -0.15) is 0 Å². The van der Waals surface area contributed by atoms with Gasteiger partial charge in [-0.1, -0.05) is 6.07 Å². The topological polar surface area (TPSA) is 95.6 Å². The van der Waals surface area contributed by atoms with E-state index >= 15 is 0 Å². The number of amides is 1. The summed E-state index contributed by atoms with van der Waals surface area (Å²) in [5.41, 5.74) is 1.43. The Morgan fingerprint density at radius 3 is 2.64 bits per heavy atom. The number of hydrogen-bond donors (Lipinski definition) is 4. The molecule has 0 saturated heterocycles. The summed E-state index contributed by atoms with van der Waals surface area (Å²) in [5, 5.41) is 17.5. The molecule has 7 heteroatoms. The van der Waals surface area contributed by atoms with Crippen LogP contribution in [-0.4, -0.2) is 23.1 Å². The van der Waals surface area contributed by atoms with Crippen molar-refractivity contribution >= 4 is 18.5 Å². The molecule has 74 valence electrons. The molecule has 0 aromatic heterocycles. The number of nitrogens with one attached hydrogen (secondary N) is 1. The smallest absolute Gasteiger partial charge is 0.423 e. The molecular weight excluding hydrogens is 190 g/mol. The number of rotatable bonds is 2. The molecule has 1 aromatic rings. The van der Waals surface area contributed by atoms with Crippen molar-refractivity contribution < 1.29 is 19.2 Å². The molecule has 5 nitrogen and oxygen atoms in total. The largest absolute Gasteiger partial charge is 0.488 e. The number of nitrogen functional groups attached to an aromatic ring is 1. The molecule has 1 rings (SSSR count). The molecule has 0 aliphatic carbocycles. The predicted molar refractivity (Wildman–Crippen MR) is 47.9 cm³/mol. The number of benzene rings is 1. The maximum absolute atomic E-state index is 13.0. The highest BCUT2D eigenvalue weighted by Crippen LogP contribution is 2.04. The number of halogens is 1. The first-order valence-corrected chi connectivity index (χ1v) is 3.72. The van der Waals surface area contributed by atoms with E-state index in [1.165, 1.54) is 0 Å². The van der Waals surface area contributed by atoms with E-state index < -0.39 is 18.8 Å². The number of hydrazine groups is 1. The van der Waals surface area contributed by atoms with Crippen molar-refractivity contribution in [1.82, 2.24) is 5.43 Å². The Balaban J connectivity index is 3.15. The van der Waals surface area contributed by atoms with Gasteiger partial charge in [-0.25, -0.2) is 10.2 Å². The molecule has 0 spiro atoms. The van der Waals surface area contributed by atoms with Crippen molar-refractivity contribution in [2.75, 3.05) is 0 Å². The van der Waals surface area contributed by atoms with Crippen LogP contribution in [0.1, 0.15) is 10.4 Å². The van der Waals surface area contributed by atoms with Gasteiger partial charge in [0.1, 0.15) is 5.82 Å². The lowest BCUT2D eigenvalue weighted by atomic mass is 9.79. The highest BCUT2D eigenvalue weighted by Gasteiger charge is 2.16. The van der Waals surface area contributed by atoms with Crippen LogP contribution in [0.3, 0.4) is 0 Å². The van der Waals surface area contributed by atoms with Crippen LogP contribution in [0.2, 0.25) is 0 Å². The highest BCUT2D eigenvalue weighted by atomic mass is 19.1. The average Bonchev–Trinajstić information content (AvgIpc) is 2.17. The normalized spacial score (nSPS) is 9.71. The van der Waals surface area contributed by atoms with E-state index in [1.807, 2.05) is 0 Å². The Bertz CT molecular complexity index is 359. The van der Waals surface area contributed by atoms with Crippen LogP contribution in [-0.2, 0) is 0 Å². The Morgan fingerprint density at radius 1 is 1.50 bits per heavy atom. The lowest BCUT2D eigenvalue weighted by Crippen LogP contribution is -2.34. The van der Waals surface area contributed by atoms with Crippen LogP contribution in [0, 0.1) is 5.82 Å². The quantitative estimate of drug-likeness (QED) is 0.193. The second-order valence-corrected chi connectivity index (χ2v) is 2.59. The molecule has 0 atom stereocenters. The molecule has 0 aliphatic heterocycles. The lowest BCUT2D eigenvalue weighted by Gasteiger charge is -2.04. The SMILES string of the molecule is NNC(=O)c1cc(B(O)O)ccc1F. The van der Waals surface area contributed by atoms with E-state index in [2.05, 4.69) is 0 Å². The molecular formula is C7H8BFN2O3. The third-order valence-corrected chi connectivity index (χ3v) is 1.66.